The summed E-state index contributed by atoms with van der Waals surface area (Å²) in [7, 11) is 0. The Morgan fingerprint density at radius 1 is 1.12 bits per heavy atom. The van der Waals surface area contributed by atoms with E-state index >= 15 is 0 Å². The molecule has 0 unspecified atom stereocenters. The monoisotopic (exact) mass is 441 g/mol. The smallest absolute Gasteiger partial charge is 0.336 e. The van der Waals surface area contributed by atoms with E-state index in [1.165, 1.54) is 0 Å². The van der Waals surface area contributed by atoms with Crippen molar-refractivity contribution in [2.75, 3.05) is 0 Å². The van der Waals surface area contributed by atoms with E-state index in [0.29, 0.717) is 37.2 Å². The zero-order chi connectivity index (χ0) is 23.3. The molecule has 3 aromatic rings. The van der Waals surface area contributed by atoms with Gasteiger partial charge in [0.15, 0.2) is 0 Å². The fourth-order valence-electron chi connectivity index (χ4n) is 3.57. The van der Waals surface area contributed by atoms with Crippen molar-refractivity contribution in [3.8, 4) is 11.1 Å². The number of hydrogen-bond acceptors (Lipinski definition) is 3. The fraction of sp³-hybridized carbons (Fsp3) is 0.400. The number of halogens is 2. The van der Waals surface area contributed by atoms with Gasteiger partial charge >= 0.3 is 11.9 Å². The van der Waals surface area contributed by atoms with Gasteiger partial charge in [-0.3, -0.25) is 0 Å². The van der Waals surface area contributed by atoms with Crippen LogP contribution in [0.15, 0.2) is 48.5 Å². The molecule has 1 N–H and O–H groups in total. The minimum atomic E-state index is -3.04. The van der Waals surface area contributed by atoms with Crippen molar-refractivity contribution in [3.63, 3.8) is 0 Å². The van der Waals surface area contributed by atoms with E-state index in [0.717, 1.165) is 11.1 Å². The second-order valence-corrected chi connectivity index (χ2v) is 8.46. The Bertz CT molecular complexity index is 1060. The Balaban J connectivity index is 1.87. The highest BCUT2D eigenvalue weighted by molar-refractivity contribution is 5.95. The molecular formula is C25H29F2N3O2. The number of aromatic nitrogens is 3. The van der Waals surface area contributed by atoms with Crippen molar-refractivity contribution in [2.24, 2.45) is 5.92 Å². The first-order valence-electron chi connectivity index (χ1n) is 10.9. The van der Waals surface area contributed by atoms with E-state index in [2.05, 4.69) is 10.1 Å². The van der Waals surface area contributed by atoms with Gasteiger partial charge < -0.3 is 5.11 Å². The minimum Gasteiger partial charge on any atom is -0.478 e. The molecule has 0 radical (unpaired) electrons. The molecule has 0 bridgehead atoms. The number of hydrogen-bond donors (Lipinski definition) is 1. The third kappa shape index (κ3) is 5.58. The summed E-state index contributed by atoms with van der Waals surface area (Å²) in [5.74, 6) is -3.69. The van der Waals surface area contributed by atoms with Gasteiger partial charge in [0.1, 0.15) is 5.82 Å². The number of carboxylic acids is 1. The van der Waals surface area contributed by atoms with E-state index < -0.39 is 17.7 Å². The van der Waals surface area contributed by atoms with Crippen molar-refractivity contribution in [2.45, 2.75) is 58.9 Å². The standard InChI is InChI=1S/C25H29F2N3O2/c1-4-5-14-25(26,27)24-28-22(30(29-24)16-17(2)3)15-18-10-12-19(13-11-18)20-8-6-7-9-21(20)23(31)32/h6-13,17H,4-5,14-16H2,1-3H3,(H,31,32). The second-order valence-electron chi connectivity index (χ2n) is 8.46. The molecule has 32 heavy (non-hydrogen) atoms. The van der Waals surface area contributed by atoms with Gasteiger partial charge in [-0.25, -0.2) is 14.5 Å². The summed E-state index contributed by atoms with van der Waals surface area (Å²) in [5.41, 5.74) is 2.54. The molecular weight excluding hydrogens is 412 g/mol. The van der Waals surface area contributed by atoms with Crippen LogP contribution in [-0.2, 0) is 18.9 Å². The molecule has 0 amide bonds. The summed E-state index contributed by atoms with van der Waals surface area (Å²) < 4.78 is 30.7. The van der Waals surface area contributed by atoms with Gasteiger partial charge in [0, 0.05) is 19.4 Å². The van der Waals surface area contributed by atoms with E-state index in [9.17, 15) is 18.7 Å². The Labute approximate surface area is 187 Å². The maximum Gasteiger partial charge on any atom is 0.336 e. The van der Waals surface area contributed by atoms with Crippen molar-refractivity contribution in [1.29, 1.82) is 0 Å². The third-order valence-corrected chi connectivity index (χ3v) is 5.24. The zero-order valence-corrected chi connectivity index (χ0v) is 18.7. The molecule has 170 valence electrons. The van der Waals surface area contributed by atoms with Crippen LogP contribution in [0.3, 0.4) is 0 Å². The molecule has 0 atom stereocenters. The van der Waals surface area contributed by atoms with Gasteiger partial charge in [-0.2, -0.15) is 8.78 Å². The van der Waals surface area contributed by atoms with E-state index in [4.69, 9.17) is 0 Å². The molecule has 0 spiro atoms. The number of alkyl halides is 2. The maximum absolute atomic E-state index is 14.6. The molecule has 0 fully saturated rings. The lowest BCUT2D eigenvalue weighted by Crippen LogP contribution is -2.16. The molecule has 0 aliphatic heterocycles. The Hall–Kier alpha value is -3.09. The molecule has 0 saturated carbocycles. The summed E-state index contributed by atoms with van der Waals surface area (Å²) in [6, 6.07) is 14.3. The second kappa shape index (κ2) is 10.0. The van der Waals surface area contributed by atoms with Crippen LogP contribution in [0.25, 0.3) is 11.1 Å². The molecule has 1 aromatic heterocycles. The molecule has 0 aliphatic rings. The molecule has 7 heteroatoms. The topological polar surface area (TPSA) is 68.0 Å². The number of benzene rings is 2. The Morgan fingerprint density at radius 2 is 1.81 bits per heavy atom. The highest BCUT2D eigenvalue weighted by Crippen LogP contribution is 2.32. The predicted octanol–water partition coefficient (Wildman–Crippen LogP) is 6.17. The first-order valence-corrected chi connectivity index (χ1v) is 10.9. The van der Waals surface area contributed by atoms with E-state index in [1.807, 2.05) is 45.0 Å². The van der Waals surface area contributed by atoms with Gasteiger partial charge in [-0.1, -0.05) is 69.7 Å². The number of rotatable bonds is 10. The molecule has 2 aromatic carbocycles. The predicted molar refractivity (Wildman–Crippen MR) is 120 cm³/mol. The summed E-state index contributed by atoms with van der Waals surface area (Å²) in [4.78, 5) is 15.7. The average molecular weight is 442 g/mol. The number of aromatic carboxylic acids is 1. The van der Waals surface area contributed by atoms with Gasteiger partial charge in [0.2, 0.25) is 5.82 Å². The van der Waals surface area contributed by atoms with Crippen molar-refractivity contribution in [3.05, 3.63) is 71.3 Å². The largest absolute Gasteiger partial charge is 0.478 e. The number of nitrogens with zero attached hydrogens (tertiary/aromatic N) is 3. The zero-order valence-electron chi connectivity index (χ0n) is 18.7. The van der Waals surface area contributed by atoms with Gasteiger partial charge in [0.25, 0.3) is 0 Å². The molecule has 1 heterocycles. The van der Waals surface area contributed by atoms with E-state index in [-0.39, 0.29) is 17.9 Å². The molecule has 0 aliphatic carbocycles. The van der Waals surface area contributed by atoms with Crippen molar-refractivity contribution >= 4 is 5.97 Å². The summed E-state index contributed by atoms with van der Waals surface area (Å²) in [6.45, 7) is 6.41. The number of carbonyl (C=O) groups is 1. The van der Waals surface area contributed by atoms with Gasteiger partial charge in [0.05, 0.1) is 5.56 Å². The van der Waals surface area contributed by atoms with Gasteiger partial charge in [-0.15, -0.1) is 5.10 Å². The van der Waals surface area contributed by atoms with Crippen LogP contribution in [0.4, 0.5) is 8.78 Å². The first kappa shape index (κ1) is 23.6. The molecule has 3 rings (SSSR count). The normalized spacial score (nSPS) is 11.8. The maximum atomic E-state index is 14.6. The highest BCUT2D eigenvalue weighted by atomic mass is 19.3. The van der Waals surface area contributed by atoms with Gasteiger partial charge in [-0.05, 0) is 35.1 Å². The SMILES string of the molecule is CCCCC(F)(F)c1nc(Cc2ccc(-c3ccccc3C(=O)O)cc2)n(CC(C)C)n1. The lowest BCUT2D eigenvalue weighted by molar-refractivity contribution is -0.0246. The summed E-state index contributed by atoms with van der Waals surface area (Å²) >= 11 is 0. The van der Waals surface area contributed by atoms with Crippen LogP contribution >= 0.6 is 0 Å². The van der Waals surface area contributed by atoms with Crippen LogP contribution in [0.2, 0.25) is 0 Å². The highest BCUT2D eigenvalue weighted by Gasteiger charge is 2.36. The average Bonchev–Trinajstić information content (AvgIpc) is 3.15. The van der Waals surface area contributed by atoms with Crippen molar-refractivity contribution < 1.29 is 18.7 Å². The van der Waals surface area contributed by atoms with Crippen LogP contribution in [-0.4, -0.2) is 25.8 Å². The Morgan fingerprint density at radius 3 is 2.44 bits per heavy atom. The van der Waals surface area contributed by atoms with Crippen LogP contribution < -0.4 is 0 Å². The lowest BCUT2D eigenvalue weighted by atomic mass is 9.98. The quantitative estimate of drug-likeness (QED) is 0.408. The minimum absolute atomic E-state index is 0.232. The first-order chi connectivity index (χ1) is 15.2. The summed E-state index contributed by atoms with van der Waals surface area (Å²) in [5, 5.41) is 13.6. The van der Waals surface area contributed by atoms with Crippen molar-refractivity contribution in [1.82, 2.24) is 14.8 Å². The fourth-order valence-corrected chi connectivity index (χ4v) is 3.57. The number of carboxylic acid groups (broad SMARTS) is 1. The lowest BCUT2D eigenvalue weighted by Gasteiger charge is -2.11. The molecule has 5 nitrogen and oxygen atoms in total. The van der Waals surface area contributed by atoms with E-state index in [1.54, 1.807) is 28.9 Å². The van der Waals surface area contributed by atoms with Crippen LogP contribution in [0.5, 0.6) is 0 Å². The van der Waals surface area contributed by atoms with Crippen LogP contribution in [0.1, 0.15) is 67.6 Å². The Kier molecular flexibility index (Phi) is 7.38. The third-order valence-electron chi connectivity index (χ3n) is 5.24. The molecule has 0 saturated heterocycles. The van der Waals surface area contributed by atoms with Crippen LogP contribution in [0, 0.1) is 5.92 Å². The number of unbranched alkanes of at least 4 members (excludes halogenated alkanes) is 1. The summed E-state index contributed by atoms with van der Waals surface area (Å²) in [6.07, 6.45) is 1.21.